The van der Waals surface area contributed by atoms with Gasteiger partial charge in [-0.05, 0) is 51.7 Å². The second kappa shape index (κ2) is 7.34. The second-order valence-electron chi connectivity index (χ2n) is 5.77. The summed E-state index contributed by atoms with van der Waals surface area (Å²) in [7, 11) is 2.21. The fourth-order valence-corrected chi connectivity index (χ4v) is 2.76. The molecule has 0 bridgehead atoms. The van der Waals surface area contributed by atoms with Gasteiger partial charge in [0, 0.05) is 25.1 Å². The van der Waals surface area contributed by atoms with Gasteiger partial charge in [0.15, 0.2) is 0 Å². The van der Waals surface area contributed by atoms with Crippen molar-refractivity contribution in [2.24, 2.45) is 11.3 Å². The topological polar surface area (TPSA) is 35.5 Å². The molecule has 3 heteroatoms. The zero-order valence-corrected chi connectivity index (χ0v) is 11.8. The second-order valence-corrected chi connectivity index (χ2v) is 5.77. The summed E-state index contributed by atoms with van der Waals surface area (Å²) in [6.45, 7) is 9.18. The Morgan fingerprint density at radius 2 is 2.06 bits per heavy atom. The predicted molar refractivity (Wildman–Crippen MR) is 73.2 cm³/mol. The van der Waals surface area contributed by atoms with Crippen LogP contribution in [-0.4, -0.2) is 49.8 Å². The highest BCUT2D eigenvalue weighted by Crippen LogP contribution is 2.24. The van der Waals surface area contributed by atoms with Crippen LogP contribution >= 0.6 is 0 Å². The lowest BCUT2D eigenvalue weighted by atomic mass is 9.83. The molecule has 1 atom stereocenters. The Morgan fingerprint density at radius 3 is 2.59 bits per heavy atom. The monoisotopic (exact) mass is 242 g/mol. The van der Waals surface area contributed by atoms with Crippen molar-refractivity contribution >= 4 is 0 Å². The Balaban J connectivity index is 2.26. The minimum atomic E-state index is 0.0978. The molecule has 0 spiro atoms. The van der Waals surface area contributed by atoms with Gasteiger partial charge >= 0.3 is 0 Å². The van der Waals surface area contributed by atoms with E-state index in [9.17, 15) is 5.11 Å². The average molecular weight is 242 g/mol. The summed E-state index contributed by atoms with van der Waals surface area (Å²) in [6.07, 6.45) is 4.78. The molecular weight excluding hydrogens is 212 g/mol. The van der Waals surface area contributed by atoms with Crippen molar-refractivity contribution in [1.29, 1.82) is 0 Å². The lowest BCUT2D eigenvalue weighted by Crippen LogP contribution is -2.42. The third-order valence-electron chi connectivity index (χ3n) is 4.49. The first-order valence-electron chi connectivity index (χ1n) is 7.16. The van der Waals surface area contributed by atoms with E-state index in [2.05, 4.69) is 31.1 Å². The molecule has 3 nitrogen and oxygen atoms in total. The maximum Gasteiger partial charge on any atom is 0.0499 e. The number of piperidine rings is 1. The number of hydrogen-bond donors (Lipinski definition) is 2. The summed E-state index contributed by atoms with van der Waals surface area (Å²) in [6, 6.07) is 0. The Morgan fingerprint density at radius 1 is 1.35 bits per heavy atom. The van der Waals surface area contributed by atoms with Crippen LogP contribution in [0.2, 0.25) is 0 Å². The van der Waals surface area contributed by atoms with E-state index in [0.717, 1.165) is 31.8 Å². The van der Waals surface area contributed by atoms with Crippen molar-refractivity contribution in [2.75, 3.05) is 39.8 Å². The van der Waals surface area contributed by atoms with Crippen LogP contribution in [0.4, 0.5) is 0 Å². The molecule has 1 aliphatic heterocycles. The lowest BCUT2D eigenvalue weighted by Gasteiger charge is -2.33. The minimum Gasteiger partial charge on any atom is -0.396 e. The molecule has 0 aromatic carbocycles. The summed E-state index contributed by atoms with van der Waals surface area (Å²) >= 11 is 0. The van der Waals surface area contributed by atoms with Gasteiger partial charge in [-0.1, -0.05) is 13.8 Å². The summed E-state index contributed by atoms with van der Waals surface area (Å²) < 4.78 is 0. The molecule has 1 unspecified atom stereocenters. The molecule has 0 radical (unpaired) electrons. The van der Waals surface area contributed by atoms with Crippen molar-refractivity contribution in [3.63, 3.8) is 0 Å². The van der Waals surface area contributed by atoms with Gasteiger partial charge in [-0.25, -0.2) is 0 Å². The van der Waals surface area contributed by atoms with Crippen LogP contribution in [0.25, 0.3) is 0 Å². The molecule has 0 amide bonds. The first kappa shape index (κ1) is 14.9. The van der Waals surface area contributed by atoms with Crippen molar-refractivity contribution < 1.29 is 5.11 Å². The van der Waals surface area contributed by atoms with Gasteiger partial charge < -0.3 is 15.3 Å². The number of likely N-dealkylation sites (tertiary alicyclic amines) is 1. The summed E-state index contributed by atoms with van der Waals surface area (Å²) in [5.74, 6) is 0.791. The van der Waals surface area contributed by atoms with Crippen LogP contribution in [0.15, 0.2) is 0 Å². The molecule has 1 aliphatic rings. The molecule has 1 fully saturated rings. The SMILES string of the molecule is CCC(CC)(CO)CNCC1CCCN(C)C1. The van der Waals surface area contributed by atoms with Crippen molar-refractivity contribution in [2.45, 2.75) is 39.5 Å². The summed E-state index contributed by atoms with van der Waals surface area (Å²) in [4.78, 5) is 2.43. The molecule has 0 aromatic rings. The Bertz CT molecular complexity index is 196. The molecule has 0 aliphatic carbocycles. The smallest absolute Gasteiger partial charge is 0.0499 e. The highest BCUT2D eigenvalue weighted by Gasteiger charge is 2.25. The van der Waals surface area contributed by atoms with E-state index in [1.54, 1.807) is 0 Å². The molecule has 0 saturated carbocycles. The number of nitrogens with one attached hydrogen (secondary N) is 1. The lowest BCUT2D eigenvalue weighted by molar-refractivity contribution is 0.109. The van der Waals surface area contributed by atoms with E-state index in [1.165, 1.54) is 25.9 Å². The Hall–Kier alpha value is -0.120. The van der Waals surface area contributed by atoms with Gasteiger partial charge in [-0.15, -0.1) is 0 Å². The first-order chi connectivity index (χ1) is 8.15. The molecule has 1 rings (SSSR count). The van der Waals surface area contributed by atoms with Crippen molar-refractivity contribution in [1.82, 2.24) is 10.2 Å². The van der Waals surface area contributed by atoms with Gasteiger partial charge in [0.05, 0.1) is 0 Å². The Labute approximate surface area is 107 Å². The quantitative estimate of drug-likeness (QED) is 0.713. The van der Waals surface area contributed by atoms with Crippen LogP contribution in [0, 0.1) is 11.3 Å². The van der Waals surface area contributed by atoms with E-state index in [0.29, 0.717) is 6.61 Å². The predicted octanol–water partition coefficient (Wildman–Crippen LogP) is 1.72. The highest BCUT2D eigenvalue weighted by molar-refractivity contribution is 4.80. The molecular formula is C14H30N2O. The number of hydrogen-bond acceptors (Lipinski definition) is 3. The van der Waals surface area contributed by atoms with Crippen LogP contribution in [0.5, 0.6) is 0 Å². The fraction of sp³-hybridized carbons (Fsp3) is 1.00. The first-order valence-corrected chi connectivity index (χ1v) is 7.16. The number of aliphatic hydroxyl groups is 1. The maximum atomic E-state index is 9.51. The number of nitrogens with zero attached hydrogens (tertiary/aromatic N) is 1. The summed E-state index contributed by atoms with van der Waals surface area (Å²) in [5, 5.41) is 13.1. The van der Waals surface area contributed by atoms with Gasteiger partial charge in [-0.2, -0.15) is 0 Å². The van der Waals surface area contributed by atoms with E-state index < -0.39 is 0 Å². The zero-order chi connectivity index (χ0) is 12.7. The van der Waals surface area contributed by atoms with Crippen molar-refractivity contribution in [3.05, 3.63) is 0 Å². The van der Waals surface area contributed by atoms with Crippen molar-refractivity contribution in [3.8, 4) is 0 Å². The summed E-state index contributed by atoms with van der Waals surface area (Å²) in [5.41, 5.74) is 0.0978. The third kappa shape index (κ3) is 4.57. The molecule has 102 valence electrons. The largest absolute Gasteiger partial charge is 0.396 e. The number of rotatable bonds is 7. The molecule has 0 aromatic heterocycles. The highest BCUT2D eigenvalue weighted by atomic mass is 16.3. The molecule has 17 heavy (non-hydrogen) atoms. The van der Waals surface area contributed by atoms with Gasteiger partial charge in [-0.3, -0.25) is 0 Å². The minimum absolute atomic E-state index is 0.0978. The third-order valence-corrected chi connectivity index (χ3v) is 4.49. The van der Waals surface area contributed by atoms with E-state index >= 15 is 0 Å². The van der Waals surface area contributed by atoms with Crippen LogP contribution in [0.1, 0.15) is 39.5 Å². The van der Waals surface area contributed by atoms with E-state index in [4.69, 9.17) is 0 Å². The van der Waals surface area contributed by atoms with Gasteiger partial charge in [0.1, 0.15) is 0 Å². The van der Waals surface area contributed by atoms with E-state index in [-0.39, 0.29) is 5.41 Å². The fourth-order valence-electron chi connectivity index (χ4n) is 2.76. The standard InChI is InChI=1S/C14H30N2O/c1-4-14(5-2,12-17)11-15-9-13-7-6-8-16(3)10-13/h13,15,17H,4-12H2,1-3H3. The Kier molecular flexibility index (Phi) is 6.45. The van der Waals surface area contributed by atoms with Gasteiger partial charge in [0.2, 0.25) is 0 Å². The van der Waals surface area contributed by atoms with Crippen LogP contribution in [-0.2, 0) is 0 Å². The van der Waals surface area contributed by atoms with Crippen LogP contribution in [0.3, 0.4) is 0 Å². The van der Waals surface area contributed by atoms with E-state index in [1.807, 2.05) is 0 Å². The maximum absolute atomic E-state index is 9.51. The molecule has 2 N–H and O–H groups in total. The number of aliphatic hydroxyl groups excluding tert-OH is 1. The zero-order valence-electron chi connectivity index (χ0n) is 11.8. The molecule has 1 heterocycles. The molecule has 1 saturated heterocycles. The van der Waals surface area contributed by atoms with Crippen LogP contribution < -0.4 is 5.32 Å². The normalized spacial score (nSPS) is 22.9. The average Bonchev–Trinajstić information content (AvgIpc) is 2.35. The van der Waals surface area contributed by atoms with Gasteiger partial charge in [0.25, 0.3) is 0 Å².